The number of hydrogen-bond acceptors (Lipinski definition) is 6. The van der Waals surface area contributed by atoms with Crippen LogP contribution in [-0.2, 0) is 22.7 Å². The number of ether oxygens (including phenoxy) is 1. The zero-order valence-electron chi connectivity index (χ0n) is 14.2. The van der Waals surface area contributed by atoms with Crippen LogP contribution in [0.25, 0.3) is 16.9 Å². The summed E-state index contributed by atoms with van der Waals surface area (Å²) in [6.45, 7) is -0.0961. The third kappa shape index (κ3) is 3.45. The summed E-state index contributed by atoms with van der Waals surface area (Å²) in [5.41, 5.74) is 1.60. The van der Waals surface area contributed by atoms with Gasteiger partial charge in [-0.1, -0.05) is 53.7 Å². The number of carbonyl (C=O) groups excluding carboxylic acids is 1. The molecule has 0 fully saturated rings. The van der Waals surface area contributed by atoms with Crippen molar-refractivity contribution < 1.29 is 9.53 Å². The third-order valence-electron chi connectivity index (χ3n) is 3.97. The quantitative estimate of drug-likeness (QED) is 0.503. The molecule has 2 aromatic carbocycles. The molecule has 27 heavy (non-hydrogen) atoms. The lowest BCUT2D eigenvalue weighted by Crippen LogP contribution is -2.26. The standard InChI is InChI=1S/C19H15N5O3/c25-16(27-12-14-7-3-1-4-8-14)11-23-13-20-18-17(19(23)26)21-22-24(18)15-9-5-2-6-10-15/h1-10,13H,11-12H2. The van der Waals surface area contributed by atoms with Gasteiger partial charge in [-0.25, -0.2) is 4.98 Å². The first-order chi connectivity index (χ1) is 13.2. The molecule has 0 saturated heterocycles. The number of fused-ring (bicyclic) bond motifs is 1. The van der Waals surface area contributed by atoms with E-state index in [1.54, 1.807) is 0 Å². The largest absolute Gasteiger partial charge is 0.459 e. The minimum atomic E-state index is -0.530. The highest BCUT2D eigenvalue weighted by molar-refractivity contribution is 5.72. The molecule has 0 aliphatic rings. The molecule has 0 unspecified atom stereocenters. The van der Waals surface area contributed by atoms with E-state index in [-0.39, 0.29) is 18.7 Å². The van der Waals surface area contributed by atoms with Gasteiger partial charge < -0.3 is 4.74 Å². The monoisotopic (exact) mass is 361 g/mol. The summed E-state index contributed by atoms with van der Waals surface area (Å²) in [6, 6.07) is 18.6. The Morgan fingerprint density at radius 1 is 1.00 bits per heavy atom. The lowest BCUT2D eigenvalue weighted by atomic mass is 10.2. The average Bonchev–Trinajstić information content (AvgIpc) is 3.15. The highest BCUT2D eigenvalue weighted by Crippen LogP contribution is 2.11. The summed E-state index contributed by atoms with van der Waals surface area (Å²) < 4.78 is 7.85. The molecule has 0 aliphatic carbocycles. The van der Waals surface area contributed by atoms with Crippen LogP contribution in [0, 0.1) is 0 Å². The Kier molecular flexibility index (Phi) is 4.44. The summed E-state index contributed by atoms with van der Waals surface area (Å²) in [4.78, 5) is 28.9. The normalized spacial score (nSPS) is 10.8. The van der Waals surface area contributed by atoms with Crippen LogP contribution >= 0.6 is 0 Å². The van der Waals surface area contributed by atoms with E-state index in [9.17, 15) is 9.59 Å². The van der Waals surface area contributed by atoms with Gasteiger partial charge in [0, 0.05) is 0 Å². The molecule has 0 aliphatic heterocycles. The topological polar surface area (TPSA) is 91.9 Å². The van der Waals surface area contributed by atoms with Crippen molar-refractivity contribution in [1.82, 2.24) is 24.5 Å². The van der Waals surface area contributed by atoms with E-state index >= 15 is 0 Å². The SMILES string of the molecule is O=C(Cn1cnc2c(nnn2-c2ccccc2)c1=O)OCc1ccccc1. The van der Waals surface area contributed by atoms with Gasteiger partial charge in [0.2, 0.25) is 0 Å². The van der Waals surface area contributed by atoms with Gasteiger partial charge in [-0.3, -0.25) is 14.2 Å². The summed E-state index contributed by atoms with van der Waals surface area (Å²) in [6.07, 6.45) is 1.30. The minimum absolute atomic E-state index is 0.0946. The van der Waals surface area contributed by atoms with Crippen molar-refractivity contribution in [1.29, 1.82) is 0 Å². The van der Waals surface area contributed by atoms with Gasteiger partial charge in [0.25, 0.3) is 5.56 Å². The molecule has 0 amide bonds. The molecular formula is C19H15N5O3. The smallest absolute Gasteiger partial charge is 0.326 e. The van der Waals surface area contributed by atoms with E-state index in [2.05, 4.69) is 15.3 Å². The van der Waals surface area contributed by atoms with E-state index in [0.29, 0.717) is 5.65 Å². The maximum atomic E-state index is 12.6. The van der Waals surface area contributed by atoms with Gasteiger partial charge in [-0.05, 0) is 17.7 Å². The van der Waals surface area contributed by atoms with Crippen molar-refractivity contribution in [2.75, 3.05) is 0 Å². The van der Waals surface area contributed by atoms with E-state index in [1.807, 2.05) is 60.7 Å². The molecule has 4 rings (SSSR count). The van der Waals surface area contributed by atoms with Gasteiger partial charge in [0.05, 0.1) is 5.69 Å². The Hall–Kier alpha value is -3.81. The van der Waals surface area contributed by atoms with Crippen LogP contribution in [0.3, 0.4) is 0 Å². The number of para-hydroxylation sites is 1. The maximum absolute atomic E-state index is 12.6. The third-order valence-corrected chi connectivity index (χ3v) is 3.97. The fraction of sp³-hybridized carbons (Fsp3) is 0.105. The molecule has 2 heterocycles. The predicted molar refractivity (Wildman–Crippen MR) is 97.2 cm³/mol. The second-order valence-electron chi connectivity index (χ2n) is 5.83. The van der Waals surface area contributed by atoms with Crippen LogP contribution in [0.1, 0.15) is 5.56 Å². The fourth-order valence-electron chi connectivity index (χ4n) is 2.62. The molecule has 0 saturated carbocycles. The van der Waals surface area contributed by atoms with Crippen molar-refractivity contribution in [2.24, 2.45) is 0 Å². The Labute approximate surface area is 153 Å². The predicted octanol–water partition coefficient (Wildman–Crippen LogP) is 1.72. The van der Waals surface area contributed by atoms with Crippen molar-refractivity contribution in [3.63, 3.8) is 0 Å². The molecular weight excluding hydrogens is 346 g/mol. The summed E-state index contributed by atoms with van der Waals surface area (Å²) >= 11 is 0. The summed E-state index contributed by atoms with van der Waals surface area (Å²) in [5.74, 6) is -0.530. The van der Waals surface area contributed by atoms with Crippen LogP contribution in [0.4, 0.5) is 0 Å². The number of benzene rings is 2. The van der Waals surface area contributed by atoms with Gasteiger partial charge >= 0.3 is 5.97 Å². The summed E-state index contributed by atoms with van der Waals surface area (Å²) in [5, 5.41) is 7.92. The highest BCUT2D eigenvalue weighted by Gasteiger charge is 2.15. The van der Waals surface area contributed by atoms with E-state index < -0.39 is 11.5 Å². The molecule has 0 spiro atoms. The van der Waals surface area contributed by atoms with Crippen molar-refractivity contribution in [3.05, 3.63) is 82.9 Å². The number of aromatic nitrogens is 5. The number of hydrogen-bond donors (Lipinski definition) is 0. The van der Waals surface area contributed by atoms with Crippen LogP contribution < -0.4 is 5.56 Å². The number of rotatable bonds is 5. The maximum Gasteiger partial charge on any atom is 0.326 e. The van der Waals surface area contributed by atoms with Crippen LogP contribution in [0.2, 0.25) is 0 Å². The molecule has 134 valence electrons. The van der Waals surface area contributed by atoms with E-state index in [0.717, 1.165) is 11.3 Å². The molecule has 0 atom stereocenters. The van der Waals surface area contributed by atoms with E-state index in [1.165, 1.54) is 15.6 Å². The lowest BCUT2D eigenvalue weighted by molar-refractivity contribution is -0.145. The molecule has 8 nitrogen and oxygen atoms in total. The van der Waals surface area contributed by atoms with Gasteiger partial charge in [0.1, 0.15) is 19.5 Å². The van der Waals surface area contributed by atoms with Gasteiger partial charge in [0.15, 0.2) is 11.2 Å². The second-order valence-corrected chi connectivity index (χ2v) is 5.83. The first-order valence-corrected chi connectivity index (χ1v) is 8.28. The van der Waals surface area contributed by atoms with Crippen LogP contribution in [0.5, 0.6) is 0 Å². The molecule has 0 bridgehead atoms. The summed E-state index contributed by atoms with van der Waals surface area (Å²) in [7, 11) is 0. The molecule has 4 aromatic rings. The molecule has 8 heteroatoms. The Morgan fingerprint density at radius 3 is 2.44 bits per heavy atom. The molecule has 0 radical (unpaired) electrons. The van der Waals surface area contributed by atoms with Crippen molar-refractivity contribution in [3.8, 4) is 5.69 Å². The molecule has 2 aromatic heterocycles. The Balaban J connectivity index is 1.54. The highest BCUT2D eigenvalue weighted by atomic mass is 16.5. The Bertz CT molecular complexity index is 1140. The average molecular weight is 361 g/mol. The number of nitrogens with zero attached hydrogens (tertiary/aromatic N) is 5. The van der Waals surface area contributed by atoms with Crippen LogP contribution in [0.15, 0.2) is 71.8 Å². The van der Waals surface area contributed by atoms with Crippen molar-refractivity contribution in [2.45, 2.75) is 13.2 Å². The van der Waals surface area contributed by atoms with Crippen LogP contribution in [-0.4, -0.2) is 30.5 Å². The lowest BCUT2D eigenvalue weighted by Gasteiger charge is -2.07. The number of esters is 1. The van der Waals surface area contributed by atoms with Crippen molar-refractivity contribution >= 4 is 17.1 Å². The number of carbonyl (C=O) groups is 1. The minimum Gasteiger partial charge on any atom is -0.459 e. The second kappa shape index (κ2) is 7.20. The van der Waals surface area contributed by atoms with Gasteiger partial charge in [-0.15, -0.1) is 5.10 Å². The van der Waals surface area contributed by atoms with E-state index in [4.69, 9.17) is 4.74 Å². The first-order valence-electron chi connectivity index (χ1n) is 8.28. The Morgan fingerprint density at radius 2 is 1.70 bits per heavy atom. The first kappa shape index (κ1) is 16.6. The van der Waals surface area contributed by atoms with Gasteiger partial charge in [-0.2, -0.15) is 4.68 Å². The fourth-order valence-corrected chi connectivity index (χ4v) is 2.62. The molecule has 0 N–H and O–H groups in total. The zero-order chi connectivity index (χ0) is 18.6. The zero-order valence-corrected chi connectivity index (χ0v) is 14.2.